The first-order valence-corrected chi connectivity index (χ1v) is 3.61. The highest BCUT2D eigenvalue weighted by molar-refractivity contribution is 5.77. The maximum atomic E-state index is 10.9. The van der Waals surface area contributed by atoms with Crippen molar-refractivity contribution in [1.82, 2.24) is 0 Å². The van der Waals surface area contributed by atoms with E-state index in [9.17, 15) is 4.79 Å². The van der Waals surface area contributed by atoms with Crippen molar-refractivity contribution in [3.8, 4) is 0 Å². The maximum absolute atomic E-state index is 10.9. The molecule has 0 amide bonds. The number of ether oxygens (including phenoxy) is 3. The van der Waals surface area contributed by atoms with Crippen LogP contribution in [0.2, 0.25) is 0 Å². The van der Waals surface area contributed by atoms with Gasteiger partial charge in [0.2, 0.25) is 0 Å². The van der Waals surface area contributed by atoms with Crippen LogP contribution < -0.4 is 0 Å². The number of hydrogen-bond acceptors (Lipinski definition) is 4. The first-order valence-electron chi connectivity index (χ1n) is 3.61. The van der Waals surface area contributed by atoms with Gasteiger partial charge in [0, 0.05) is 0 Å². The molecule has 2 atom stereocenters. The van der Waals surface area contributed by atoms with Gasteiger partial charge in [-0.3, -0.25) is 0 Å². The fraction of sp³-hybridized carbons (Fsp3) is 0.857. The highest BCUT2D eigenvalue weighted by Crippen LogP contribution is 2.32. The molecular formula is C7H10O4. The molecule has 2 rings (SSSR count). The lowest BCUT2D eigenvalue weighted by Crippen LogP contribution is -2.25. The summed E-state index contributed by atoms with van der Waals surface area (Å²) in [6.07, 6.45) is -0.692. The van der Waals surface area contributed by atoms with Crippen molar-refractivity contribution in [3.05, 3.63) is 0 Å². The second-order valence-corrected chi connectivity index (χ2v) is 3.22. The summed E-state index contributed by atoms with van der Waals surface area (Å²) in [4.78, 5) is 10.9. The van der Waals surface area contributed by atoms with Crippen LogP contribution in [-0.2, 0) is 19.0 Å². The van der Waals surface area contributed by atoms with Gasteiger partial charge in [-0.15, -0.1) is 0 Å². The summed E-state index contributed by atoms with van der Waals surface area (Å²) in [5.41, 5.74) is 0. The van der Waals surface area contributed by atoms with Crippen LogP contribution in [0, 0.1) is 0 Å². The third-order valence-corrected chi connectivity index (χ3v) is 1.81. The van der Waals surface area contributed by atoms with Crippen LogP contribution in [0.4, 0.5) is 0 Å². The SMILES string of the molecule is CC1(C)O[C@H]2COC(=O)[C@@H]2O1. The van der Waals surface area contributed by atoms with E-state index in [1.807, 2.05) is 0 Å². The fourth-order valence-corrected chi connectivity index (χ4v) is 1.40. The Morgan fingerprint density at radius 2 is 2.18 bits per heavy atom. The van der Waals surface area contributed by atoms with Crippen LogP contribution in [0.3, 0.4) is 0 Å². The topological polar surface area (TPSA) is 44.8 Å². The van der Waals surface area contributed by atoms with E-state index in [4.69, 9.17) is 14.2 Å². The van der Waals surface area contributed by atoms with Gasteiger partial charge in [-0.1, -0.05) is 0 Å². The van der Waals surface area contributed by atoms with E-state index in [1.165, 1.54) is 0 Å². The Hall–Kier alpha value is -0.610. The molecule has 0 unspecified atom stereocenters. The molecule has 0 aromatic rings. The van der Waals surface area contributed by atoms with Gasteiger partial charge in [0.25, 0.3) is 0 Å². The first-order chi connectivity index (χ1) is 5.08. The minimum absolute atomic E-state index is 0.197. The van der Waals surface area contributed by atoms with Gasteiger partial charge in [-0.2, -0.15) is 0 Å². The molecule has 62 valence electrons. The monoisotopic (exact) mass is 158 g/mol. The highest BCUT2D eigenvalue weighted by Gasteiger charge is 2.50. The first kappa shape index (κ1) is 7.06. The predicted molar refractivity (Wildman–Crippen MR) is 34.8 cm³/mol. The van der Waals surface area contributed by atoms with Crippen LogP contribution in [0.25, 0.3) is 0 Å². The quantitative estimate of drug-likeness (QED) is 0.468. The Morgan fingerprint density at radius 3 is 2.82 bits per heavy atom. The maximum Gasteiger partial charge on any atom is 0.338 e. The number of hydrogen-bond donors (Lipinski definition) is 0. The minimum atomic E-state index is -0.630. The predicted octanol–water partition coefficient (Wildman–Crippen LogP) is 0.0633. The van der Waals surface area contributed by atoms with Crippen molar-refractivity contribution in [2.24, 2.45) is 0 Å². The number of fused-ring (bicyclic) bond motifs is 1. The molecule has 2 saturated heterocycles. The zero-order valence-electron chi connectivity index (χ0n) is 6.49. The molecule has 0 N–H and O–H groups in total. The number of carbonyl (C=O) groups is 1. The summed E-state index contributed by atoms with van der Waals surface area (Å²) < 4.78 is 15.4. The van der Waals surface area contributed by atoms with Crippen molar-refractivity contribution < 1.29 is 19.0 Å². The van der Waals surface area contributed by atoms with E-state index in [0.29, 0.717) is 6.61 Å². The van der Waals surface area contributed by atoms with Crippen LogP contribution in [0.1, 0.15) is 13.8 Å². The van der Waals surface area contributed by atoms with Gasteiger partial charge in [0.05, 0.1) is 0 Å². The molecule has 2 aliphatic rings. The van der Waals surface area contributed by atoms with Gasteiger partial charge in [-0.25, -0.2) is 4.79 Å². The lowest BCUT2D eigenvalue weighted by atomic mass is 10.3. The van der Waals surface area contributed by atoms with Gasteiger partial charge in [0.15, 0.2) is 11.9 Å². The van der Waals surface area contributed by atoms with Gasteiger partial charge in [-0.05, 0) is 13.8 Å². The molecular weight excluding hydrogens is 148 g/mol. The molecule has 2 heterocycles. The summed E-state index contributed by atoms with van der Waals surface area (Å²) in [6.45, 7) is 3.91. The largest absolute Gasteiger partial charge is 0.461 e. The van der Waals surface area contributed by atoms with E-state index in [2.05, 4.69) is 0 Å². The molecule has 2 aliphatic heterocycles. The van der Waals surface area contributed by atoms with Crippen molar-refractivity contribution >= 4 is 5.97 Å². The van der Waals surface area contributed by atoms with Crippen LogP contribution in [-0.4, -0.2) is 30.6 Å². The molecule has 4 nitrogen and oxygen atoms in total. The Bertz CT molecular complexity index is 199. The van der Waals surface area contributed by atoms with Crippen molar-refractivity contribution in [2.45, 2.75) is 31.8 Å². The van der Waals surface area contributed by atoms with E-state index in [1.54, 1.807) is 13.8 Å². The zero-order valence-corrected chi connectivity index (χ0v) is 6.49. The molecule has 2 fully saturated rings. The standard InChI is InChI=1S/C7H10O4/c1-7(2)10-4-3-9-6(8)5(4)11-7/h4-5H,3H2,1-2H3/t4-,5+/m0/s1. The number of esters is 1. The number of cyclic esters (lactones) is 1. The molecule has 4 heteroatoms. The Kier molecular flexibility index (Phi) is 1.25. The molecule has 0 bridgehead atoms. The third-order valence-electron chi connectivity index (χ3n) is 1.81. The van der Waals surface area contributed by atoms with Crippen LogP contribution in [0.15, 0.2) is 0 Å². The summed E-state index contributed by atoms with van der Waals surface area (Å²) in [6, 6.07) is 0. The fourth-order valence-electron chi connectivity index (χ4n) is 1.40. The summed E-state index contributed by atoms with van der Waals surface area (Å²) in [5, 5.41) is 0. The average Bonchev–Trinajstić information content (AvgIpc) is 2.31. The van der Waals surface area contributed by atoms with E-state index in [0.717, 1.165) is 0 Å². The molecule has 0 aliphatic carbocycles. The molecule has 0 radical (unpaired) electrons. The lowest BCUT2D eigenvalue weighted by Gasteiger charge is -2.17. The summed E-state index contributed by atoms with van der Waals surface area (Å²) in [7, 11) is 0. The van der Waals surface area contributed by atoms with Gasteiger partial charge >= 0.3 is 5.97 Å². The number of carbonyl (C=O) groups excluding carboxylic acids is 1. The smallest absolute Gasteiger partial charge is 0.338 e. The minimum Gasteiger partial charge on any atom is -0.461 e. The van der Waals surface area contributed by atoms with E-state index >= 15 is 0 Å². The van der Waals surface area contributed by atoms with Gasteiger partial charge in [0.1, 0.15) is 12.7 Å². The van der Waals surface area contributed by atoms with E-state index in [-0.39, 0.29) is 12.1 Å². The zero-order chi connectivity index (χ0) is 8.06. The normalized spacial score (nSPS) is 40.4. The number of rotatable bonds is 0. The van der Waals surface area contributed by atoms with Crippen LogP contribution >= 0.6 is 0 Å². The second-order valence-electron chi connectivity index (χ2n) is 3.22. The molecule has 0 aromatic carbocycles. The van der Waals surface area contributed by atoms with Crippen molar-refractivity contribution in [3.63, 3.8) is 0 Å². The highest BCUT2D eigenvalue weighted by atomic mass is 16.8. The van der Waals surface area contributed by atoms with E-state index < -0.39 is 11.9 Å². The molecule has 0 spiro atoms. The Morgan fingerprint density at radius 1 is 1.45 bits per heavy atom. The molecule has 0 aromatic heterocycles. The van der Waals surface area contributed by atoms with Crippen molar-refractivity contribution in [1.29, 1.82) is 0 Å². The lowest BCUT2D eigenvalue weighted by molar-refractivity contribution is -0.178. The van der Waals surface area contributed by atoms with Gasteiger partial charge < -0.3 is 14.2 Å². The molecule has 11 heavy (non-hydrogen) atoms. The van der Waals surface area contributed by atoms with Crippen LogP contribution in [0.5, 0.6) is 0 Å². The summed E-state index contributed by atoms with van der Waals surface area (Å²) >= 11 is 0. The summed E-state index contributed by atoms with van der Waals surface area (Å²) in [5.74, 6) is -0.935. The Labute approximate surface area is 64.4 Å². The Balaban J connectivity index is 2.16. The molecule has 0 saturated carbocycles. The third kappa shape index (κ3) is 1.02. The van der Waals surface area contributed by atoms with Crippen molar-refractivity contribution in [2.75, 3.05) is 6.61 Å². The average molecular weight is 158 g/mol. The second kappa shape index (κ2) is 1.95.